The summed E-state index contributed by atoms with van der Waals surface area (Å²) in [6.07, 6.45) is -0.846. The van der Waals surface area contributed by atoms with E-state index in [1.165, 1.54) is 19.0 Å². The standard InChI is InChI=1S/C7H15N3O4S/c1-9(2)15(12,13)8-4-6-5-10(3)7(11)14-6/h6,8H,4-5H2,1-3H3. The smallest absolute Gasteiger partial charge is 0.410 e. The third-order valence-corrected chi connectivity index (χ3v) is 3.52. The molecule has 1 saturated heterocycles. The van der Waals surface area contributed by atoms with Crippen LogP contribution >= 0.6 is 0 Å². The van der Waals surface area contributed by atoms with Crippen LogP contribution in [0.2, 0.25) is 0 Å². The monoisotopic (exact) mass is 237 g/mol. The third-order valence-electron chi connectivity index (χ3n) is 2.03. The van der Waals surface area contributed by atoms with Crippen LogP contribution < -0.4 is 4.72 Å². The summed E-state index contributed by atoms with van der Waals surface area (Å²) in [5.74, 6) is 0. The van der Waals surface area contributed by atoms with Gasteiger partial charge in [0.2, 0.25) is 0 Å². The molecule has 0 bridgehead atoms. The Kier molecular flexibility index (Phi) is 3.53. The van der Waals surface area contributed by atoms with Crippen LogP contribution in [0.4, 0.5) is 4.79 Å². The van der Waals surface area contributed by atoms with Crippen LogP contribution in [0.3, 0.4) is 0 Å². The summed E-state index contributed by atoms with van der Waals surface area (Å²) in [6.45, 7) is 0.491. The zero-order valence-electron chi connectivity index (χ0n) is 8.93. The molecule has 1 aliphatic heterocycles. The molecule has 7 nitrogen and oxygen atoms in total. The number of carbonyl (C=O) groups is 1. The summed E-state index contributed by atoms with van der Waals surface area (Å²) in [5, 5.41) is 0. The minimum absolute atomic E-state index is 0.0938. The molecule has 1 amide bonds. The molecule has 1 rings (SSSR count). The quantitative estimate of drug-likeness (QED) is 0.668. The van der Waals surface area contributed by atoms with E-state index in [1.54, 1.807) is 7.05 Å². The molecule has 0 aromatic rings. The van der Waals surface area contributed by atoms with Crippen molar-refractivity contribution in [3.63, 3.8) is 0 Å². The lowest BCUT2D eigenvalue weighted by atomic mass is 10.4. The molecule has 1 heterocycles. The van der Waals surface area contributed by atoms with E-state index in [-0.39, 0.29) is 6.54 Å². The number of rotatable bonds is 4. The molecule has 88 valence electrons. The Hall–Kier alpha value is -0.860. The van der Waals surface area contributed by atoms with Crippen molar-refractivity contribution in [2.45, 2.75) is 6.10 Å². The number of hydrogen-bond donors (Lipinski definition) is 1. The topological polar surface area (TPSA) is 79.0 Å². The molecule has 1 aliphatic rings. The predicted octanol–water partition coefficient (Wildman–Crippen LogP) is -1.17. The van der Waals surface area contributed by atoms with Gasteiger partial charge < -0.3 is 9.64 Å². The van der Waals surface area contributed by atoms with E-state index >= 15 is 0 Å². The Balaban J connectivity index is 2.43. The molecule has 0 aliphatic carbocycles. The largest absolute Gasteiger partial charge is 0.443 e. The van der Waals surface area contributed by atoms with Crippen LogP contribution in [0.25, 0.3) is 0 Å². The number of cyclic esters (lactones) is 1. The van der Waals surface area contributed by atoms with Crippen molar-refractivity contribution in [3.8, 4) is 0 Å². The second kappa shape index (κ2) is 4.33. The van der Waals surface area contributed by atoms with Crippen LogP contribution in [0, 0.1) is 0 Å². The maximum Gasteiger partial charge on any atom is 0.410 e. The van der Waals surface area contributed by atoms with Crippen molar-refractivity contribution in [2.75, 3.05) is 34.2 Å². The van der Waals surface area contributed by atoms with Crippen molar-refractivity contribution in [2.24, 2.45) is 0 Å². The first-order valence-electron chi connectivity index (χ1n) is 4.42. The van der Waals surface area contributed by atoms with Crippen LogP contribution in [-0.4, -0.2) is 64.1 Å². The summed E-state index contributed by atoms with van der Waals surface area (Å²) < 4.78 is 30.9. The molecule has 1 atom stereocenters. The Bertz CT molecular complexity index is 340. The van der Waals surface area contributed by atoms with E-state index in [0.717, 1.165) is 4.31 Å². The number of ether oxygens (including phenoxy) is 1. The number of nitrogens with zero attached hydrogens (tertiary/aromatic N) is 2. The first kappa shape index (κ1) is 12.2. The van der Waals surface area contributed by atoms with Crippen LogP contribution in [0.15, 0.2) is 0 Å². The van der Waals surface area contributed by atoms with Gasteiger partial charge in [-0.05, 0) is 0 Å². The molecule has 15 heavy (non-hydrogen) atoms. The fourth-order valence-electron chi connectivity index (χ4n) is 1.08. The van der Waals surface area contributed by atoms with Gasteiger partial charge in [-0.25, -0.2) is 4.79 Å². The zero-order valence-corrected chi connectivity index (χ0v) is 9.74. The van der Waals surface area contributed by atoms with Crippen molar-refractivity contribution >= 4 is 16.3 Å². The van der Waals surface area contributed by atoms with Crippen LogP contribution in [-0.2, 0) is 14.9 Å². The van der Waals surface area contributed by atoms with Gasteiger partial charge in [0.1, 0.15) is 6.10 Å². The fraction of sp³-hybridized carbons (Fsp3) is 0.857. The maximum absolute atomic E-state index is 11.3. The highest BCUT2D eigenvalue weighted by atomic mass is 32.2. The molecule has 8 heteroatoms. The van der Waals surface area contributed by atoms with Crippen molar-refractivity contribution in [1.29, 1.82) is 0 Å². The molecular weight excluding hydrogens is 222 g/mol. The number of likely N-dealkylation sites (N-methyl/N-ethyl adjacent to an activating group) is 1. The molecule has 0 aromatic heterocycles. The van der Waals surface area contributed by atoms with Gasteiger partial charge in [-0.2, -0.15) is 17.4 Å². The Morgan fingerprint density at radius 1 is 1.60 bits per heavy atom. The summed E-state index contributed by atoms with van der Waals surface area (Å²) in [5.41, 5.74) is 0. The molecular formula is C7H15N3O4S. The Morgan fingerprint density at radius 2 is 2.20 bits per heavy atom. The van der Waals surface area contributed by atoms with E-state index < -0.39 is 22.4 Å². The lowest BCUT2D eigenvalue weighted by Gasteiger charge is -2.14. The number of amides is 1. The summed E-state index contributed by atoms with van der Waals surface area (Å²) in [6, 6.07) is 0. The van der Waals surface area contributed by atoms with E-state index in [4.69, 9.17) is 4.74 Å². The summed E-state index contributed by atoms with van der Waals surface area (Å²) in [7, 11) is 1.00. The van der Waals surface area contributed by atoms with Crippen LogP contribution in [0.1, 0.15) is 0 Å². The second-order valence-electron chi connectivity index (χ2n) is 3.52. The van der Waals surface area contributed by atoms with Gasteiger partial charge in [0.05, 0.1) is 13.1 Å². The minimum Gasteiger partial charge on any atom is -0.443 e. The van der Waals surface area contributed by atoms with Crippen LogP contribution in [0.5, 0.6) is 0 Å². The average molecular weight is 237 g/mol. The minimum atomic E-state index is -3.45. The van der Waals surface area contributed by atoms with Gasteiger partial charge >= 0.3 is 6.09 Å². The molecule has 1 fully saturated rings. The van der Waals surface area contributed by atoms with Crippen molar-refractivity contribution in [3.05, 3.63) is 0 Å². The van der Waals surface area contributed by atoms with E-state index in [2.05, 4.69) is 4.72 Å². The van der Waals surface area contributed by atoms with E-state index in [1.807, 2.05) is 0 Å². The lowest BCUT2D eigenvalue weighted by Crippen LogP contribution is -2.40. The van der Waals surface area contributed by atoms with Gasteiger partial charge in [0.15, 0.2) is 0 Å². The molecule has 0 saturated carbocycles. The molecule has 1 N–H and O–H groups in total. The first-order valence-corrected chi connectivity index (χ1v) is 5.86. The third kappa shape index (κ3) is 3.05. The highest BCUT2D eigenvalue weighted by Crippen LogP contribution is 2.07. The normalized spacial score (nSPS) is 22.3. The Labute approximate surface area is 89.2 Å². The van der Waals surface area contributed by atoms with E-state index in [9.17, 15) is 13.2 Å². The zero-order chi connectivity index (χ0) is 11.6. The first-order chi connectivity index (χ1) is 6.83. The fourth-order valence-corrected chi connectivity index (χ4v) is 1.74. The SMILES string of the molecule is CN1CC(CNS(=O)(=O)N(C)C)OC1=O. The molecule has 0 spiro atoms. The predicted molar refractivity (Wildman–Crippen MR) is 53.5 cm³/mol. The summed E-state index contributed by atoms with van der Waals surface area (Å²) in [4.78, 5) is 12.4. The highest BCUT2D eigenvalue weighted by Gasteiger charge is 2.29. The van der Waals surface area contributed by atoms with Gasteiger partial charge in [-0.15, -0.1) is 0 Å². The van der Waals surface area contributed by atoms with Gasteiger partial charge in [-0.1, -0.05) is 0 Å². The van der Waals surface area contributed by atoms with Gasteiger partial charge in [-0.3, -0.25) is 0 Å². The average Bonchev–Trinajstić information content (AvgIpc) is 2.43. The lowest BCUT2D eigenvalue weighted by molar-refractivity contribution is 0.135. The molecule has 0 aromatic carbocycles. The van der Waals surface area contributed by atoms with Gasteiger partial charge in [0.25, 0.3) is 10.2 Å². The van der Waals surface area contributed by atoms with E-state index in [0.29, 0.717) is 6.54 Å². The number of hydrogen-bond acceptors (Lipinski definition) is 4. The molecule has 1 unspecified atom stereocenters. The molecule has 0 radical (unpaired) electrons. The highest BCUT2D eigenvalue weighted by molar-refractivity contribution is 7.87. The van der Waals surface area contributed by atoms with Crippen molar-refractivity contribution < 1.29 is 17.9 Å². The van der Waals surface area contributed by atoms with Crippen molar-refractivity contribution in [1.82, 2.24) is 13.9 Å². The Morgan fingerprint density at radius 3 is 2.60 bits per heavy atom. The summed E-state index contributed by atoms with van der Waals surface area (Å²) >= 11 is 0. The number of carbonyl (C=O) groups excluding carboxylic acids is 1. The maximum atomic E-state index is 11.3. The van der Waals surface area contributed by atoms with Gasteiger partial charge in [0, 0.05) is 21.1 Å². The second-order valence-corrected chi connectivity index (χ2v) is 5.49. The number of nitrogens with one attached hydrogen (secondary N) is 1.